The van der Waals surface area contributed by atoms with Gasteiger partial charge in [0.2, 0.25) is 0 Å². The fraction of sp³-hybridized carbons (Fsp3) is 0.636. The molecule has 1 saturated heterocycles. The summed E-state index contributed by atoms with van der Waals surface area (Å²) in [4.78, 5) is 2.53. The van der Waals surface area contributed by atoms with Crippen LogP contribution in [0.5, 0.6) is 0 Å². The molecule has 2 rings (SSSR count). The van der Waals surface area contributed by atoms with Crippen molar-refractivity contribution in [2.45, 2.75) is 13.0 Å². The second kappa shape index (κ2) is 4.15. The molecule has 0 bridgehead atoms. The number of aromatic nitrogens is 1. The number of hydrogen-bond donors (Lipinski definition) is 1. The van der Waals surface area contributed by atoms with E-state index in [1.807, 2.05) is 0 Å². The number of rotatable bonds is 2. The molecule has 78 valence electrons. The molecule has 0 aliphatic carbocycles. The van der Waals surface area contributed by atoms with Crippen LogP contribution in [0, 0.1) is 0 Å². The molecule has 0 spiro atoms. The fourth-order valence-electron chi connectivity index (χ4n) is 2.16. The molecule has 1 aromatic heterocycles. The second-order valence-electron chi connectivity index (χ2n) is 4.01. The largest absolute Gasteiger partial charge is 0.353 e. The molecule has 0 unspecified atom stereocenters. The van der Waals surface area contributed by atoms with Crippen LogP contribution >= 0.6 is 0 Å². The molecule has 0 aromatic carbocycles. The average molecular weight is 193 g/mol. The molecule has 1 aromatic rings. The summed E-state index contributed by atoms with van der Waals surface area (Å²) in [5.74, 6) is 0. The maximum Gasteiger partial charge on any atom is 0.0473 e. The Morgan fingerprint density at radius 1 is 1.36 bits per heavy atom. The Labute approximate surface area is 85.7 Å². The first-order valence-electron chi connectivity index (χ1n) is 5.35. The molecule has 0 amide bonds. The van der Waals surface area contributed by atoms with Crippen LogP contribution in [0.4, 0.5) is 0 Å². The zero-order chi connectivity index (χ0) is 9.97. The highest BCUT2D eigenvalue weighted by Crippen LogP contribution is 2.19. The van der Waals surface area contributed by atoms with E-state index in [1.54, 1.807) is 0 Å². The first-order chi connectivity index (χ1) is 6.79. The minimum absolute atomic E-state index is 0.539. The summed E-state index contributed by atoms with van der Waals surface area (Å²) in [6.07, 6.45) is 2.12. The normalized spacial score (nSPS) is 21.0. The van der Waals surface area contributed by atoms with Gasteiger partial charge in [0.25, 0.3) is 0 Å². The van der Waals surface area contributed by atoms with Gasteiger partial charge in [0.1, 0.15) is 0 Å². The highest BCUT2D eigenvalue weighted by atomic mass is 15.2. The third-order valence-electron chi connectivity index (χ3n) is 3.11. The zero-order valence-electron chi connectivity index (χ0n) is 9.03. The summed E-state index contributed by atoms with van der Waals surface area (Å²) in [6, 6.07) is 4.87. The van der Waals surface area contributed by atoms with E-state index in [2.05, 4.69) is 47.1 Å². The number of piperazine rings is 1. The van der Waals surface area contributed by atoms with Crippen molar-refractivity contribution in [3.05, 3.63) is 24.0 Å². The average Bonchev–Trinajstić information content (AvgIpc) is 2.65. The maximum absolute atomic E-state index is 3.38. The predicted octanol–water partition coefficient (Wildman–Crippen LogP) is 0.991. The Morgan fingerprint density at radius 2 is 2.07 bits per heavy atom. The van der Waals surface area contributed by atoms with Crippen LogP contribution in [-0.4, -0.2) is 35.6 Å². The van der Waals surface area contributed by atoms with Crippen molar-refractivity contribution < 1.29 is 0 Å². The van der Waals surface area contributed by atoms with Crippen molar-refractivity contribution >= 4 is 0 Å². The summed E-state index contributed by atoms with van der Waals surface area (Å²) in [6.45, 7) is 6.85. The van der Waals surface area contributed by atoms with Crippen LogP contribution < -0.4 is 5.32 Å². The van der Waals surface area contributed by atoms with E-state index in [9.17, 15) is 0 Å². The molecule has 1 N–H and O–H groups in total. The van der Waals surface area contributed by atoms with Gasteiger partial charge in [0.05, 0.1) is 0 Å². The first kappa shape index (κ1) is 9.74. The number of nitrogens with zero attached hydrogens (tertiary/aromatic N) is 2. The molecule has 1 aliphatic heterocycles. The highest BCUT2D eigenvalue weighted by Gasteiger charge is 2.18. The van der Waals surface area contributed by atoms with Gasteiger partial charge >= 0.3 is 0 Å². The van der Waals surface area contributed by atoms with Gasteiger partial charge in [-0.3, -0.25) is 4.90 Å². The summed E-state index contributed by atoms with van der Waals surface area (Å²) < 4.78 is 2.21. The van der Waals surface area contributed by atoms with Crippen molar-refractivity contribution in [2.24, 2.45) is 7.05 Å². The van der Waals surface area contributed by atoms with Gasteiger partial charge < -0.3 is 9.88 Å². The van der Waals surface area contributed by atoms with Crippen LogP contribution in [0.25, 0.3) is 0 Å². The Hall–Kier alpha value is -0.800. The van der Waals surface area contributed by atoms with Gasteiger partial charge in [-0.05, 0) is 19.1 Å². The van der Waals surface area contributed by atoms with Crippen molar-refractivity contribution in [1.29, 1.82) is 0 Å². The lowest BCUT2D eigenvalue weighted by molar-refractivity contribution is 0.180. The molecule has 2 heterocycles. The minimum atomic E-state index is 0.539. The summed E-state index contributed by atoms with van der Waals surface area (Å²) >= 11 is 0. The summed E-state index contributed by atoms with van der Waals surface area (Å²) in [5, 5.41) is 3.38. The molecule has 3 heteroatoms. The lowest BCUT2D eigenvalue weighted by Gasteiger charge is -2.33. The van der Waals surface area contributed by atoms with Crippen molar-refractivity contribution in [1.82, 2.24) is 14.8 Å². The molecule has 1 atom stereocenters. The number of hydrogen-bond acceptors (Lipinski definition) is 2. The van der Waals surface area contributed by atoms with E-state index >= 15 is 0 Å². The van der Waals surface area contributed by atoms with Gasteiger partial charge in [0.15, 0.2) is 0 Å². The van der Waals surface area contributed by atoms with E-state index in [0.717, 1.165) is 26.2 Å². The Bertz CT molecular complexity index is 286. The third-order valence-corrected chi connectivity index (χ3v) is 3.11. The topological polar surface area (TPSA) is 20.2 Å². The minimum Gasteiger partial charge on any atom is -0.353 e. The second-order valence-corrected chi connectivity index (χ2v) is 4.01. The predicted molar refractivity (Wildman–Crippen MR) is 58.3 cm³/mol. The van der Waals surface area contributed by atoms with Gasteiger partial charge in [-0.25, -0.2) is 0 Å². The Kier molecular flexibility index (Phi) is 2.89. The van der Waals surface area contributed by atoms with Crippen molar-refractivity contribution in [3.63, 3.8) is 0 Å². The summed E-state index contributed by atoms with van der Waals surface area (Å²) in [5.41, 5.74) is 1.41. The van der Waals surface area contributed by atoms with Crippen molar-refractivity contribution in [3.8, 4) is 0 Å². The molecule has 14 heavy (non-hydrogen) atoms. The Balaban J connectivity index is 2.07. The van der Waals surface area contributed by atoms with E-state index in [-0.39, 0.29) is 0 Å². The van der Waals surface area contributed by atoms with Crippen molar-refractivity contribution in [2.75, 3.05) is 26.2 Å². The van der Waals surface area contributed by atoms with E-state index in [0.29, 0.717) is 6.04 Å². The third kappa shape index (κ3) is 1.83. The zero-order valence-corrected chi connectivity index (χ0v) is 9.03. The van der Waals surface area contributed by atoms with E-state index in [1.165, 1.54) is 5.69 Å². The van der Waals surface area contributed by atoms with Gasteiger partial charge in [-0.1, -0.05) is 0 Å². The molecule has 0 saturated carbocycles. The van der Waals surface area contributed by atoms with Gasteiger partial charge in [0, 0.05) is 51.2 Å². The molecular formula is C11H19N3. The quantitative estimate of drug-likeness (QED) is 0.756. The first-order valence-corrected chi connectivity index (χ1v) is 5.35. The SMILES string of the molecule is C[C@@H](c1cccn1C)N1CCNCC1. The molecule has 3 nitrogen and oxygen atoms in total. The van der Waals surface area contributed by atoms with Crippen LogP contribution in [0.15, 0.2) is 18.3 Å². The Morgan fingerprint density at radius 3 is 2.64 bits per heavy atom. The monoisotopic (exact) mass is 193 g/mol. The van der Waals surface area contributed by atoms with E-state index in [4.69, 9.17) is 0 Å². The maximum atomic E-state index is 3.38. The van der Waals surface area contributed by atoms with Crippen LogP contribution in [-0.2, 0) is 7.05 Å². The van der Waals surface area contributed by atoms with Crippen LogP contribution in [0.1, 0.15) is 18.7 Å². The summed E-state index contributed by atoms with van der Waals surface area (Å²) in [7, 11) is 2.12. The van der Waals surface area contributed by atoms with Gasteiger partial charge in [-0.15, -0.1) is 0 Å². The molecule has 0 radical (unpaired) electrons. The van der Waals surface area contributed by atoms with Crippen LogP contribution in [0.2, 0.25) is 0 Å². The fourth-order valence-corrected chi connectivity index (χ4v) is 2.16. The molecule has 1 aliphatic rings. The lowest BCUT2D eigenvalue weighted by atomic mass is 10.2. The lowest BCUT2D eigenvalue weighted by Crippen LogP contribution is -2.44. The smallest absolute Gasteiger partial charge is 0.0473 e. The highest BCUT2D eigenvalue weighted by molar-refractivity contribution is 5.11. The molecule has 1 fully saturated rings. The molecular weight excluding hydrogens is 174 g/mol. The number of aryl methyl sites for hydroxylation is 1. The van der Waals surface area contributed by atoms with Gasteiger partial charge in [-0.2, -0.15) is 0 Å². The standard InChI is InChI=1S/C11H19N3/c1-10(11-4-3-7-13(11)2)14-8-5-12-6-9-14/h3-4,7,10,12H,5-6,8-9H2,1-2H3/t10-/m0/s1. The van der Waals surface area contributed by atoms with E-state index < -0.39 is 0 Å². The number of nitrogens with one attached hydrogen (secondary N) is 1. The van der Waals surface area contributed by atoms with Crippen LogP contribution in [0.3, 0.4) is 0 Å².